The van der Waals surface area contributed by atoms with E-state index in [1.54, 1.807) is 16.9 Å². The summed E-state index contributed by atoms with van der Waals surface area (Å²) in [6.45, 7) is 0.208. The summed E-state index contributed by atoms with van der Waals surface area (Å²) in [5, 5.41) is 24.2. The molecule has 150 valence electrons. The fourth-order valence-corrected chi connectivity index (χ4v) is 4.04. The Kier molecular flexibility index (Phi) is 4.35. The van der Waals surface area contributed by atoms with Crippen molar-refractivity contribution < 1.29 is 0 Å². The summed E-state index contributed by atoms with van der Waals surface area (Å²) in [5.41, 5.74) is 10.1. The van der Waals surface area contributed by atoms with Gasteiger partial charge in [-0.05, 0) is 40.6 Å². The smallest absolute Gasteiger partial charge is 0.272 e. The largest absolute Gasteiger partial charge is 0.325 e. The summed E-state index contributed by atoms with van der Waals surface area (Å²) >= 11 is 0. The Morgan fingerprint density at radius 3 is 2.58 bits per heavy atom. The Hall–Kier alpha value is -4.28. The minimum absolute atomic E-state index is 0.208. The van der Waals surface area contributed by atoms with Gasteiger partial charge in [-0.15, -0.1) is 0 Å². The predicted molar refractivity (Wildman–Crippen MR) is 120 cm³/mol. The zero-order valence-electron chi connectivity index (χ0n) is 16.8. The number of benzene rings is 3. The van der Waals surface area contributed by atoms with Crippen LogP contribution in [0.15, 0.2) is 65.6 Å². The molecule has 7 nitrogen and oxygen atoms in total. The van der Waals surface area contributed by atoms with Gasteiger partial charge in [0.1, 0.15) is 0 Å². The summed E-state index contributed by atoms with van der Waals surface area (Å²) in [4.78, 5) is 12.2. The molecule has 0 aliphatic heterocycles. The van der Waals surface area contributed by atoms with Crippen LogP contribution in [-0.2, 0) is 13.6 Å². The number of nitriles is 1. The molecule has 0 fully saturated rings. The first-order chi connectivity index (χ1) is 15.1. The third kappa shape index (κ3) is 2.98. The molecule has 5 rings (SSSR count). The average molecular weight is 406 g/mol. The second kappa shape index (κ2) is 7.20. The van der Waals surface area contributed by atoms with Crippen LogP contribution in [-0.4, -0.2) is 20.0 Å². The SMILES string of the molecule is Cn1ncc(-c2ccc3c(=O)[nH]nc(CN)c3c2)c1-c1cc2ccccc2cc1C#N. The first-order valence-corrected chi connectivity index (χ1v) is 9.77. The summed E-state index contributed by atoms with van der Waals surface area (Å²) in [6.07, 6.45) is 1.77. The van der Waals surface area contributed by atoms with E-state index >= 15 is 0 Å². The van der Waals surface area contributed by atoms with E-state index in [0.29, 0.717) is 22.0 Å². The van der Waals surface area contributed by atoms with Crippen molar-refractivity contribution in [3.8, 4) is 28.5 Å². The zero-order valence-corrected chi connectivity index (χ0v) is 16.8. The van der Waals surface area contributed by atoms with E-state index in [0.717, 1.165) is 33.2 Å². The number of nitrogens with two attached hydrogens (primary N) is 1. The third-order valence-electron chi connectivity index (χ3n) is 5.57. The highest BCUT2D eigenvalue weighted by Gasteiger charge is 2.18. The maximum Gasteiger partial charge on any atom is 0.272 e. The van der Waals surface area contributed by atoms with Crippen molar-refractivity contribution in [3.63, 3.8) is 0 Å². The third-order valence-corrected chi connectivity index (χ3v) is 5.57. The van der Waals surface area contributed by atoms with Crippen LogP contribution in [0.2, 0.25) is 0 Å². The van der Waals surface area contributed by atoms with E-state index in [-0.39, 0.29) is 12.1 Å². The van der Waals surface area contributed by atoms with E-state index in [9.17, 15) is 10.1 Å². The molecule has 0 radical (unpaired) electrons. The number of aryl methyl sites for hydroxylation is 1. The van der Waals surface area contributed by atoms with Gasteiger partial charge >= 0.3 is 0 Å². The topological polar surface area (TPSA) is 113 Å². The lowest BCUT2D eigenvalue weighted by Gasteiger charge is -2.11. The number of rotatable bonds is 3. The van der Waals surface area contributed by atoms with E-state index in [1.165, 1.54) is 0 Å². The molecule has 0 atom stereocenters. The molecule has 3 aromatic carbocycles. The molecule has 0 saturated carbocycles. The van der Waals surface area contributed by atoms with Gasteiger partial charge in [0.25, 0.3) is 5.56 Å². The minimum Gasteiger partial charge on any atom is -0.325 e. The van der Waals surface area contributed by atoms with Gasteiger partial charge in [0, 0.05) is 30.1 Å². The van der Waals surface area contributed by atoms with Gasteiger partial charge in [-0.2, -0.15) is 15.5 Å². The fraction of sp³-hybridized carbons (Fsp3) is 0.0833. The molecular formula is C24H18N6O. The molecule has 0 bridgehead atoms. The standard InChI is InChI=1S/C24H18N6O/c1-30-23(19-9-15-5-3-2-4-14(15)8-17(19)11-25)21(13-27-30)16-6-7-18-20(10-16)22(12-26)28-29-24(18)31/h2-10,13H,12,26H2,1H3,(H,29,31). The van der Waals surface area contributed by atoms with E-state index in [2.05, 4.69) is 21.4 Å². The van der Waals surface area contributed by atoms with Crippen molar-refractivity contribution in [1.82, 2.24) is 20.0 Å². The van der Waals surface area contributed by atoms with E-state index < -0.39 is 0 Å². The van der Waals surface area contributed by atoms with Gasteiger partial charge in [0.15, 0.2) is 0 Å². The monoisotopic (exact) mass is 406 g/mol. The molecule has 0 saturated heterocycles. The normalized spacial score (nSPS) is 11.1. The molecule has 5 aromatic rings. The number of hydrogen-bond acceptors (Lipinski definition) is 5. The lowest BCUT2D eigenvalue weighted by molar-refractivity contribution is 0.776. The Balaban J connectivity index is 1.78. The molecule has 0 aliphatic rings. The molecule has 0 amide bonds. The maximum absolute atomic E-state index is 12.2. The zero-order chi connectivity index (χ0) is 21.5. The van der Waals surface area contributed by atoms with Crippen molar-refractivity contribution in [2.24, 2.45) is 12.8 Å². The first-order valence-electron chi connectivity index (χ1n) is 9.77. The number of aromatic nitrogens is 4. The molecule has 31 heavy (non-hydrogen) atoms. The van der Waals surface area contributed by atoms with Crippen LogP contribution in [0.5, 0.6) is 0 Å². The Bertz CT molecular complexity index is 1570. The second-order valence-electron chi connectivity index (χ2n) is 7.35. The second-order valence-corrected chi connectivity index (χ2v) is 7.35. The molecule has 2 aromatic heterocycles. The van der Waals surface area contributed by atoms with Crippen molar-refractivity contribution in [1.29, 1.82) is 5.26 Å². The van der Waals surface area contributed by atoms with Crippen LogP contribution in [0.4, 0.5) is 0 Å². The van der Waals surface area contributed by atoms with Crippen molar-refractivity contribution in [3.05, 3.63) is 82.4 Å². The quantitative estimate of drug-likeness (QED) is 0.476. The Morgan fingerprint density at radius 2 is 1.84 bits per heavy atom. The van der Waals surface area contributed by atoms with Crippen LogP contribution in [0.3, 0.4) is 0 Å². The highest BCUT2D eigenvalue weighted by Crippen LogP contribution is 2.36. The Morgan fingerprint density at radius 1 is 1.06 bits per heavy atom. The fourth-order valence-electron chi connectivity index (χ4n) is 4.04. The molecule has 0 aliphatic carbocycles. The number of nitrogens with zero attached hydrogens (tertiary/aromatic N) is 4. The summed E-state index contributed by atoms with van der Waals surface area (Å²) < 4.78 is 1.77. The van der Waals surface area contributed by atoms with Crippen molar-refractivity contribution >= 4 is 21.5 Å². The summed E-state index contributed by atoms with van der Waals surface area (Å²) in [7, 11) is 1.85. The number of hydrogen-bond donors (Lipinski definition) is 2. The summed E-state index contributed by atoms with van der Waals surface area (Å²) in [5.74, 6) is 0. The number of aromatic amines is 1. The molecule has 0 spiro atoms. The lowest BCUT2D eigenvalue weighted by Crippen LogP contribution is -2.13. The van der Waals surface area contributed by atoms with Crippen molar-refractivity contribution in [2.45, 2.75) is 6.54 Å². The number of H-pyrrole nitrogens is 1. The molecule has 7 heteroatoms. The average Bonchev–Trinajstić information content (AvgIpc) is 3.19. The van der Waals surface area contributed by atoms with Gasteiger partial charge in [0.05, 0.1) is 34.6 Å². The Labute approximate surface area is 177 Å². The number of nitrogens with one attached hydrogen (secondary N) is 1. The molecule has 2 heterocycles. The first kappa shape index (κ1) is 18.7. The van der Waals surface area contributed by atoms with Crippen LogP contribution in [0.25, 0.3) is 43.9 Å². The number of fused-ring (bicyclic) bond motifs is 2. The van der Waals surface area contributed by atoms with E-state index in [4.69, 9.17) is 5.73 Å². The van der Waals surface area contributed by atoms with Gasteiger partial charge in [-0.1, -0.05) is 30.3 Å². The molecular weight excluding hydrogens is 388 g/mol. The van der Waals surface area contributed by atoms with Gasteiger partial charge in [-0.25, -0.2) is 5.10 Å². The molecule has 3 N–H and O–H groups in total. The van der Waals surface area contributed by atoms with E-state index in [1.807, 2.05) is 55.6 Å². The predicted octanol–water partition coefficient (Wildman–Crippen LogP) is 3.47. The highest BCUT2D eigenvalue weighted by atomic mass is 16.1. The summed E-state index contributed by atoms with van der Waals surface area (Å²) in [6, 6.07) is 19.8. The van der Waals surface area contributed by atoms with Crippen molar-refractivity contribution in [2.75, 3.05) is 0 Å². The van der Waals surface area contributed by atoms with Crippen LogP contribution >= 0.6 is 0 Å². The van der Waals surface area contributed by atoms with Crippen LogP contribution in [0, 0.1) is 11.3 Å². The van der Waals surface area contributed by atoms with Gasteiger partial charge in [0.2, 0.25) is 0 Å². The maximum atomic E-state index is 12.2. The van der Waals surface area contributed by atoms with Gasteiger partial charge < -0.3 is 5.73 Å². The highest BCUT2D eigenvalue weighted by molar-refractivity contribution is 5.95. The van der Waals surface area contributed by atoms with Gasteiger partial charge in [-0.3, -0.25) is 9.48 Å². The molecule has 0 unspecified atom stereocenters. The van der Waals surface area contributed by atoms with Crippen LogP contribution in [0.1, 0.15) is 11.3 Å². The lowest BCUT2D eigenvalue weighted by atomic mass is 9.94. The minimum atomic E-state index is -0.258. The van der Waals surface area contributed by atoms with Crippen LogP contribution < -0.4 is 11.3 Å².